The molecule has 1 aromatic carbocycles. The summed E-state index contributed by atoms with van der Waals surface area (Å²) in [6.45, 7) is 1.73. The van der Waals surface area contributed by atoms with Gasteiger partial charge in [0, 0.05) is 17.7 Å². The zero-order valence-corrected chi connectivity index (χ0v) is 9.07. The van der Waals surface area contributed by atoms with Gasteiger partial charge < -0.3 is 5.32 Å². The largest absolute Gasteiger partial charge is 0.326 e. The molecule has 1 heterocycles. The van der Waals surface area contributed by atoms with Crippen LogP contribution in [0.1, 0.15) is 29.8 Å². The van der Waals surface area contributed by atoms with Gasteiger partial charge in [0.15, 0.2) is 0 Å². The topological polar surface area (TPSA) is 29.1 Å². The average Bonchev–Trinajstić information content (AvgIpc) is 2.15. The number of fused-ring (bicyclic) bond motifs is 1. The predicted molar refractivity (Wildman–Crippen MR) is 57.6 cm³/mol. The molecule has 2 rings (SSSR count). The Morgan fingerprint density at radius 2 is 2.20 bits per heavy atom. The van der Waals surface area contributed by atoms with Crippen molar-refractivity contribution in [3.8, 4) is 0 Å². The molecule has 80 valence electrons. The van der Waals surface area contributed by atoms with Gasteiger partial charge in [-0.05, 0) is 31.0 Å². The maximum Gasteiger partial charge on any atom is 0.224 e. The summed E-state index contributed by atoms with van der Waals surface area (Å²) in [6, 6.07) is 3.09. The molecule has 0 saturated carbocycles. The second-order valence-electron chi connectivity index (χ2n) is 3.70. The van der Waals surface area contributed by atoms with E-state index < -0.39 is 0 Å². The lowest BCUT2D eigenvalue weighted by molar-refractivity contribution is -0.116. The monoisotopic (exact) mass is 227 g/mol. The third-order valence-electron chi connectivity index (χ3n) is 2.55. The van der Waals surface area contributed by atoms with Gasteiger partial charge in [0.05, 0.1) is 5.38 Å². The molecule has 0 saturated heterocycles. The fraction of sp³-hybridized carbons (Fsp3) is 0.364. The van der Waals surface area contributed by atoms with Crippen molar-refractivity contribution in [2.24, 2.45) is 0 Å². The normalized spacial score (nSPS) is 16.9. The fourth-order valence-corrected chi connectivity index (χ4v) is 1.89. The first-order valence-electron chi connectivity index (χ1n) is 4.84. The van der Waals surface area contributed by atoms with E-state index in [1.807, 2.05) is 0 Å². The SMILES string of the molecule is CC(Cl)c1cc2c(cc1F)NC(=O)CC2. The number of nitrogens with one attached hydrogen (secondary N) is 1. The second-order valence-corrected chi connectivity index (χ2v) is 4.35. The highest BCUT2D eigenvalue weighted by Crippen LogP contribution is 2.30. The number of carbonyl (C=O) groups is 1. The highest BCUT2D eigenvalue weighted by Gasteiger charge is 2.18. The van der Waals surface area contributed by atoms with E-state index in [4.69, 9.17) is 11.6 Å². The van der Waals surface area contributed by atoms with Crippen LogP contribution in [-0.2, 0) is 11.2 Å². The molecule has 4 heteroatoms. The maximum atomic E-state index is 13.5. The molecule has 0 bridgehead atoms. The van der Waals surface area contributed by atoms with Gasteiger partial charge in [-0.1, -0.05) is 0 Å². The molecule has 1 amide bonds. The van der Waals surface area contributed by atoms with Crippen molar-refractivity contribution >= 4 is 23.2 Å². The molecule has 15 heavy (non-hydrogen) atoms. The van der Waals surface area contributed by atoms with Crippen LogP contribution in [0.3, 0.4) is 0 Å². The number of benzene rings is 1. The quantitative estimate of drug-likeness (QED) is 0.735. The highest BCUT2D eigenvalue weighted by molar-refractivity contribution is 6.20. The van der Waals surface area contributed by atoms with Crippen LogP contribution in [0.25, 0.3) is 0 Å². The van der Waals surface area contributed by atoms with Crippen LogP contribution in [0.2, 0.25) is 0 Å². The maximum absolute atomic E-state index is 13.5. The van der Waals surface area contributed by atoms with E-state index in [-0.39, 0.29) is 17.1 Å². The molecule has 1 atom stereocenters. The van der Waals surface area contributed by atoms with E-state index in [0.29, 0.717) is 24.1 Å². The summed E-state index contributed by atoms with van der Waals surface area (Å²) >= 11 is 5.85. The van der Waals surface area contributed by atoms with E-state index in [9.17, 15) is 9.18 Å². The molecule has 1 N–H and O–H groups in total. The van der Waals surface area contributed by atoms with Crippen LogP contribution in [-0.4, -0.2) is 5.91 Å². The third kappa shape index (κ3) is 1.97. The van der Waals surface area contributed by atoms with Crippen LogP contribution < -0.4 is 5.32 Å². The van der Waals surface area contributed by atoms with Crippen molar-refractivity contribution in [2.45, 2.75) is 25.1 Å². The third-order valence-corrected chi connectivity index (χ3v) is 2.78. The second kappa shape index (κ2) is 3.81. The first kappa shape index (κ1) is 10.4. The summed E-state index contributed by atoms with van der Waals surface area (Å²) in [5.74, 6) is -0.424. The van der Waals surface area contributed by atoms with Gasteiger partial charge in [0.25, 0.3) is 0 Å². The number of halogens is 2. The molecule has 0 aliphatic carbocycles. The van der Waals surface area contributed by atoms with Crippen LogP contribution in [0.15, 0.2) is 12.1 Å². The number of rotatable bonds is 1. The number of anilines is 1. The number of aryl methyl sites for hydroxylation is 1. The van der Waals surface area contributed by atoms with Crippen LogP contribution in [0, 0.1) is 5.82 Å². The number of hydrogen-bond donors (Lipinski definition) is 1. The van der Waals surface area contributed by atoms with E-state index >= 15 is 0 Å². The Morgan fingerprint density at radius 1 is 1.47 bits per heavy atom. The molecular weight excluding hydrogens is 217 g/mol. The summed E-state index contributed by atoms with van der Waals surface area (Å²) in [4.78, 5) is 11.1. The van der Waals surface area contributed by atoms with Crippen LogP contribution in [0.5, 0.6) is 0 Å². The van der Waals surface area contributed by atoms with Crippen molar-refractivity contribution in [1.82, 2.24) is 0 Å². The van der Waals surface area contributed by atoms with Gasteiger partial charge in [0.2, 0.25) is 5.91 Å². The van der Waals surface area contributed by atoms with Crippen molar-refractivity contribution in [2.75, 3.05) is 5.32 Å². The summed E-state index contributed by atoms with van der Waals surface area (Å²) in [5.41, 5.74) is 2.02. The lowest BCUT2D eigenvalue weighted by atomic mass is 9.99. The molecule has 1 aromatic rings. The van der Waals surface area contributed by atoms with Crippen molar-refractivity contribution < 1.29 is 9.18 Å². The molecule has 0 aromatic heterocycles. The molecule has 1 aliphatic heterocycles. The fourth-order valence-electron chi connectivity index (χ4n) is 1.73. The standard InChI is InChI=1S/C11H11ClFNO/c1-6(12)8-4-7-2-3-11(15)14-10(7)5-9(8)13/h4-6H,2-3H2,1H3,(H,14,15). The Kier molecular flexibility index (Phi) is 2.65. The average molecular weight is 228 g/mol. The van der Waals surface area contributed by atoms with Crippen molar-refractivity contribution in [1.29, 1.82) is 0 Å². The molecule has 1 unspecified atom stereocenters. The van der Waals surface area contributed by atoms with Gasteiger partial charge in [-0.3, -0.25) is 4.79 Å². The Morgan fingerprint density at radius 3 is 2.87 bits per heavy atom. The summed E-state index contributed by atoms with van der Waals surface area (Å²) in [5, 5.41) is 2.29. The minimum absolute atomic E-state index is 0.0615. The minimum Gasteiger partial charge on any atom is -0.326 e. The number of carbonyl (C=O) groups excluding carboxylic acids is 1. The summed E-state index contributed by atoms with van der Waals surface area (Å²) in [7, 11) is 0. The van der Waals surface area contributed by atoms with Gasteiger partial charge in [-0.2, -0.15) is 0 Å². The molecule has 0 radical (unpaired) electrons. The minimum atomic E-state index is -0.363. The van der Waals surface area contributed by atoms with E-state index in [2.05, 4.69) is 5.32 Å². The lowest BCUT2D eigenvalue weighted by Gasteiger charge is -2.18. The Balaban J connectivity index is 2.46. The first-order chi connectivity index (χ1) is 7.08. The van der Waals surface area contributed by atoms with E-state index in [1.54, 1.807) is 13.0 Å². The summed E-state index contributed by atoms with van der Waals surface area (Å²) < 4.78 is 13.5. The Hall–Kier alpha value is -1.09. The first-order valence-corrected chi connectivity index (χ1v) is 5.28. The van der Waals surface area contributed by atoms with Crippen LogP contribution in [0.4, 0.5) is 10.1 Å². The van der Waals surface area contributed by atoms with Crippen LogP contribution >= 0.6 is 11.6 Å². The van der Waals surface area contributed by atoms with E-state index in [0.717, 1.165) is 5.56 Å². The molecule has 0 fully saturated rings. The molecule has 2 nitrogen and oxygen atoms in total. The lowest BCUT2D eigenvalue weighted by Crippen LogP contribution is -2.19. The van der Waals surface area contributed by atoms with Gasteiger partial charge in [-0.15, -0.1) is 11.6 Å². The summed E-state index contributed by atoms with van der Waals surface area (Å²) in [6.07, 6.45) is 1.10. The van der Waals surface area contributed by atoms with Gasteiger partial charge in [-0.25, -0.2) is 4.39 Å². The van der Waals surface area contributed by atoms with Gasteiger partial charge >= 0.3 is 0 Å². The number of alkyl halides is 1. The zero-order chi connectivity index (χ0) is 11.0. The molecule has 1 aliphatic rings. The van der Waals surface area contributed by atoms with E-state index in [1.165, 1.54) is 6.07 Å². The smallest absolute Gasteiger partial charge is 0.224 e. The highest BCUT2D eigenvalue weighted by atomic mass is 35.5. The number of hydrogen-bond acceptors (Lipinski definition) is 1. The molecule has 0 spiro atoms. The Bertz CT molecular complexity index is 417. The van der Waals surface area contributed by atoms with Gasteiger partial charge in [0.1, 0.15) is 5.82 Å². The number of amides is 1. The molecular formula is C11H11ClFNO. The predicted octanol–water partition coefficient (Wildman–Crippen LogP) is 3.01. The Labute approximate surface area is 92.4 Å². The van der Waals surface area contributed by atoms with Crippen molar-refractivity contribution in [3.05, 3.63) is 29.1 Å². The van der Waals surface area contributed by atoms with Crippen molar-refractivity contribution in [3.63, 3.8) is 0 Å². The zero-order valence-electron chi connectivity index (χ0n) is 8.31.